The molecular formula is C18H20ClIN4. The quantitative estimate of drug-likeness (QED) is 0.431. The molecule has 0 saturated carbocycles. The molecule has 24 heavy (non-hydrogen) atoms. The fourth-order valence-corrected chi connectivity index (χ4v) is 2.38. The Morgan fingerprint density at radius 3 is 2.54 bits per heavy atom. The highest BCUT2D eigenvalue weighted by atomic mass is 127. The molecule has 0 heterocycles. The van der Waals surface area contributed by atoms with Crippen LogP contribution in [0.4, 0.5) is 0 Å². The van der Waals surface area contributed by atoms with Crippen LogP contribution in [-0.4, -0.2) is 25.0 Å². The summed E-state index contributed by atoms with van der Waals surface area (Å²) < 4.78 is 0. The van der Waals surface area contributed by atoms with E-state index in [9.17, 15) is 0 Å². The lowest BCUT2D eigenvalue weighted by Crippen LogP contribution is -2.38. The van der Waals surface area contributed by atoms with Gasteiger partial charge in [0.15, 0.2) is 5.96 Å². The largest absolute Gasteiger partial charge is 0.352 e. The molecule has 0 amide bonds. The van der Waals surface area contributed by atoms with Crippen molar-refractivity contribution in [2.75, 3.05) is 14.1 Å². The summed E-state index contributed by atoms with van der Waals surface area (Å²) in [6, 6.07) is 17.5. The van der Waals surface area contributed by atoms with Gasteiger partial charge in [-0.2, -0.15) is 5.26 Å². The molecule has 0 spiro atoms. The first-order chi connectivity index (χ1) is 11.1. The summed E-state index contributed by atoms with van der Waals surface area (Å²) >= 11 is 5.91. The number of hydrogen-bond donors (Lipinski definition) is 1. The number of nitrogens with one attached hydrogen (secondary N) is 1. The monoisotopic (exact) mass is 454 g/mol. The molecule has 2 aromatic carbocycles. The van der Waals surface area contributed by atoms with Gasteiger partial charge < -0.3 is 10.2 Å². The number of aliphatic imine (C=N–C) groups is 1. The van der Waals surface area contributed by atoms with E-state index in [1.54, 1.807) is 13.1 Å². The van der Waals surface area contributed by atoms with E-state index in [-0.39, 0.29) is 24.0 Å². The molecule has 0 unspecified atom stereocenters. The molecule has 0 aliphatic carbocycles. The van der Waals surface area contributed by atoms with Crippen molar-refractivity contribution in [3.05, 3.63) is 70.2 Å². The second kappa shape index (κ2) is 10.2. The molecule has 0 atom stereocenters. The zero-order chi connectivity index (χ0) is 16.7. The smallest absolute Gasteiger partial charge is 0.193 e. The molecule has 0 saturated heterocycles. The first kappa shape index (κ1) is 20.3. The van der Waals surface area contributed by atoms with Crippen molar-refractivity contribution in [2.24, 2.45) is 4.99 Å². The van der Waals surface area contributed by atoms with Gasteiger partial charge in [-0.25, -0.2) is 0 Å². The first-order valence-electron chi connectivity index (χ1n) is 7.27. The zero-order valence-corrected chi connectivity index (χ0v) is 16.7. The van der Waals surface area contributed by atoms with E-state index in [4.69, 9.17) is 16.9 Å². The van der Waals surface area contributed by atoms with Gasteiger partial charge in [-0.1, -0.05) is 35.9 Å². The van der Waals surface area contributed by atoms with Crippen molar-refractivity contribution in [2.45, 2.75) is 13.1 Å². The number of rotatable bonds is 4. The number of guanidine groups is 1. The minimum Gasteiger partial charge on any atom is -0.352 e. The first-order valence-corrected chi connectivity index (χ1v) is 7.65. The highest BCUT2D eigenvalue weighted by Crippen LogP contribution is 2.11. The molecule has 126 valence electrons. The Labute approximate surface area is 165 Å². The van der Waals surface area contributed by atoms with Crippen LogP contribution in [0, 0.1) is 11.3 Å². The molecule has 0 aliphatic heterocycles. The second-order valence-electron chi connectivity index (χ2n) is 5.20. The zero-order valence-electron chi connectivity index (χ0n) is 13.7. The van der Waals surface area contributed by atoms with Crippen LogP contribution in [-0.2, 0) is 13.1 Å². The lowest BCUT2D eigenvalue weighted by atomic mass is 10.1. The minimum atomic E-state index is 0. The third-order valence-corrected chi connectivity index (χ3v) is 3.67. The van der Waals surface area contributed by atoms with Gasteiger partial charge in [-0.05, 0) is 35.4 Å². The van der Waals surface area contributed by atoms with Crippen LogP contribution in [0.15, 0.2) is 53.5 Å². The molecule has 0 radical (unpaired) electrons. The van der Waals surface area contributed by atoms with Gasteiger partial charge >= 0.3 is 0 Å². The van der Waals surface area contributed by atoms with Crippen molar-refractivity contribution in [3.8, 4) is 6.07 Å². The van der Waals surface area contributed by atoms with Crippen LogP contribution in [0.5, 0.6) is 0 Å². The molecule has 0 bridgehead atoms. The average Bonchev–Trinajstić information content (AvgIpc) is 2.57. The molecule has 0 aromatic heterocycles. The molecule has 1 N–H and O–H groups in total. The van der Waals surface area contributed by atoms with E-state index >= 15 is 0 Å². The number of hydrogen-bond acceptors (Lipinski definition) is 2. The van der Waals surface area contributed by atoms with Crippen molar-refractivity contribution in [1.29, 1.82) is 5.26 Å². The van der Waals surface area contributed by atoms with Gasteiger partial charge in [0.2, 0.25) is 0 Å². The maximum Gasteiger partial charge on any atom is 0.193 e. The standard InChI is InChI=1S/C18H19ClN4.HI/c1-21-18(22-12-16-5-3-4-15(10-16)11-20)23(2)13-14-6-8-17(19)9-7-14;/h3-10H,12-13H2,1-2H3,(H,21,22);1H. The highest BCUT2D eigenvalue weighted by Gasteiger charge is 2.07. The van der Waals surface area contributed by atoms with E-state index in [0.29, 0.717) is 12.1 Å². The summed E-state index contributed by atoms with van der Waals surface area (Å²) in [5.41, 5.74) is 2.87. The third-order valence-electron chi connectivity index (χ3n) is 3.41. The third kappa shape index (κ3) is 6.02. The average molecular weight is 455 g/mol. The summed E-state index contributed by atoms with van der Waals surface area (Å²) in [6.45, 7) is 1.35. The van der Waals surface area contributed by atoms with Gasteiger partial charge in [0, 0.05) is 32.2 Å². The topological polar surface area (TPSA) is 51.4 Å². The van der Waals surface area contributed by atoms with Crippen molar-refractivity contribution >= 4 is 41.5 Å². The second-order valence-corrected chi connectivity index (χ2v) is 5.63. The van der Waals surface area contributed by atoms with Crippen molar-refractivity contribution in [3.63, 3.8) is 0 Å². The van der Waals surface area contributed by atoms with Gasteiger partial charge in [0.1, 0.15) is 0 Å². The normalized spacial score (nSPS) is 10.5. The summed E-state index contributed by atoms with van der Waals surface area (Å²) in [6.07, 6.45) is 0. The molecule has 0 aliphatic rings. The number of nitrogens with zero attached hydrogens (tertiary/aromatic N) is 3. The number of halogens is 2. The molecule has 6 heteroatoms. The van der Waals surface area contributed by atoms with Crippen molar-refractivity contribution < 1.29 is 0 Å². The lowest BCUT2D eigenvalue weighted by Gasteiger charge is -2.22. The SMILES string of the molecule is CN=C(NCc1cccc(C#N)c1)N(C)Cc1ccc(Cl)cc1.I. The Hall–Kier alpha value is -1.78. The maximum atomic E-state index is 8.95. The summed E-state index contributed by atoms with van der Waals surface area (Å²) in [5.74, 6) is 0.794. The maximum absolute atomic E-state index is 8.95. The van der Waals surface area contributed by atoms with E-state index in [1.165, 1.54) is 0 Å². The fourth-order valence-electron chi connectivity index (χ4n) is 2.26. The van der Waals surface area contributed by atoms with Gasteiger partial charge in [-0.15, -0.1) is 24.0 Å². The fraction of sp³-hybridized carbons (Fsp3) is 0.222. The lowest BCUT2D eigenvalue weighted by molar-refractivity contribution is 0.476. The minimum absolute atomic E-state index is 0. The molecule has 2 rings (SSSR count). The van der Waals surface area contributed by atoms with E-state index < -0.39 is 0 Å². The van der Waals surface area contributed by atoms with E-state index in [2.05, 4.69) is 16.4 Å². The highest BCUT2D eigenvalue weighted by molar-refractivity contribution is 14.0. The predicted molar refractivity (Wildman–Crippen MR) is 110 cm³/mol. The van der Waals surface area contributed by atoms with E-state index in [1.807, 2.05) is 54.4 Å². The van der Waals surface area contributed by atoms with Crippen molar-refractivity contribution in [1.82, 2.24) is 10.2 Å². The Kier molecular flexibility index (Phi) is 8.58. The van der Waals surface area contributed by atoms with Gasteiger partial charge in [0.25, 0.3) is 0 Å². The molecule has 0 fully saturated rings. The van der Waals surface area contributed by atoms with Gasteiger partial charge in [-0.3, -0.25) is 4.99 Å². The van der Waals surface area contributed by atoms with E-state index in [0.717, 1.165) is 28.7 Å². The Bertz CT molecular complexity index is 723. The van der Waals surface area contributed by atoms with Crippen LogP contribution >= 0.6 is 35.6 Å². The number of benzene rings is 2. The summed E-state index contributed by atoms with van der Waals surface area (Å²) in [4.78, 5) is 6.34. The van der Waals surface area contributed by atoms with Crippen LogP contribution in [0.25, 0.3) is 0 Å². The summed E-state index contributed by atoms with van der Waals surface area (Å²) in [7, 11) is 3.74. The van der Waals surface area contributed by atoms with Crippen LogP contribution in [0.2, 0.25) is 5.02 Å². The molecule has 2 aromatic rings. The summed E-state index contributed by atoms with van der Waals surface area (Å²) in [5, 5.41) is 13.0. The Morgan fingerprint density at radius 1 is 1.21 bits per heavy atom. The van der Waals surface area contributed by atoms with Crippen LogP contribution in [0.1, 0.15) is 16.7 Å². The van der Waals surface area contributed by atoms with Crippen LogP contribution in [0.3, 0.4) is 0 Å². The molecule has 4 nitrogen and oxygen atoms in total. The predicted octanol–water partition coefficient (Wildman–Crippen LogP) is 4.04. The van der Waals surface area contributed by atoms with Gasteiger partial charge in [0.05, 0.1) is 11.6 Å². The van der Waals surface area contributed by atoms with Crippen LogP contribution < -0.4 is 5.32 Å². The number of nitriles is 1. The molecular weight excluding hydrogens is 435 g/mol. The Morgan fingerprint density at radius 2 is 1.92 bits per heavy atom. The Balaban J connectivity index is 0.00000288.